The van der Waals surface area contributed by atoms with E-state index in [1.54, 1.807) is 24.3 Å². The molecule has 2 aliphatic heterocycles. The second-order valence-corrected chi connectivity index (χ2v) is 10.7. The van der Waals surface area contributed by atoms with E-state index in [-0.39, 0.29) is 25.1 Å². The minimum absolute atomic E-state index is 0.0155. The molecule has 0 saturated carbocycles. The normalized spacial score (nSPS) is 20.6. The smallest absolute Gasteiger partial charge is 0.416 e. The van der Waals surface area contributed by atoms with Crippen LogP contribution >= 0.6 is 0 Å². The molecule has 9 nitrogen and oxygen atoms in total. The molecule has 234 valence electrons. The van der Waals surface area contributed by atoms with Gasteiger partial charge in [0.15, 0.2) is 0 Å². The third-order valence-electron chi connectivity index (χ3n) is 7.82. The second-order valence-electron chi connectivity index (χ2n) is 10.7. The number of carbonyl (C=O) groups is 4. The molecule has 12 heteroatoms. The Bertz CT molecular complexity index is 1580. The van der Waals surface area contributed by atoms with Crippen molar-refractivity contribution in [2.45, 2.75) is 49.7 Å². The van der Waals surface area contributed by atoms with E-state index < -0.39 is 66.2 Å². The van der Waals surface area contributed by atoms with Crippen LogP contribution in [0.25, 0.3) is 6.08 Å². The van der Waals surface area contributed by atoms with Gasteiger partial charge >= 0.3 is 18.2 Å². The molecule has 3 aromatic rings. The molecule has 0 bridgehead atoms. The average Bonchev–Trinajstić information content (AvgIpc) is 3.40. The van der Waals surface area contributed by atoms with Gasteiger partial charge in [0.05, 0.1) is 17.6 Å². The molecule has 5 rings (SSSR count). The van der Waals surface area contributed by atoms with Crippen LogP contribution in [0.3, 0.4) is 0 Å². The number of hydrogen-bond donors (Lipinski definition) is 2. The second kappa shape index (κ2) is 13.2. The van der Waals surface area contributed by atoms with E-state index in [1.165, 1.54) is 21.9 Å². The molecule has 4 atom stereocenters. The summed E-state index contributed by atoms with van der Waals surface area (Å²) >= 11 is 0. The Morgan fingerprint density at radius 1 is 1.00 bits per heavy atom. The fourth-order valence-corrected chi connectivity index (χ4v) is 5.63. The van der Waals surface area contributed by atoms with Crippen molar-refractivity contribution in [1.82, 2.24) is 15.1 Å². The van der Waals surface area contributed by atoms with Crippen molar-refractivity contribution in [1.29, 1.82) is 0 Å². The van der Waals surface area contributed by atoms with Gasteiger partial charge in [-0.1, -0.05) is 84.9 Å². The third-order valence-corrected chi connectivity index (χ3v) is 7.82. The first-order valence-corrected chi connectivity index (χ1v) is 14.3. The van der Waals surface area contributed by atoms with E-state index in [1.807, 2.05) is 48.5 Å². The van der Waals surface area contributed by atoms with E-state index >= 15 is 0 Å². The van der Waals surface area contributed by atoms with Crippen molar-refractivity contribution in [2.75, 3.05) is 6.61 Å². The number of halogens is 3. The van der Waals surface area contributed by atoms with Crippen LogP contribution in [0.15, 0.2) is 91.0 Å². The molecule has 0 radical (unpaired) electrons. The summed E-state index contributed by atoms with van der Waals surface area (Å²) in [6.07, 6.45) is -2.56. The number of rotatable bonds is 11. The maximum atomic E-state index is 13.9. The highest BCUT2D eigenvalue weighted by Gasteiger charge is 2.58. The monoisotopic (exact) mass is 621 g/mol. The van der Waals surface area contributed by atoms with E-state index in [4.69, 9.17) is 4.74 Å². The fraction of sp³-hybridized carbons (Fsp3) is 0.273. The summed E-state index contributed by atoms with van der Waals surface area (Å²) in [5.74, 6) is -2.51. The molecule has 3 amide bonds. The maximum absolute atomic E-state index is 13.9. The number of cyclic esters (lactones) is 1. The number of amides is 3. The molecule has 0 spiro atoms. The first-order valence-electron chi connectivity index (χ1n) is 14.3. The highest BCUT2D eigenvalue weighted by molar-refractivity contribution is 5.98. The molecule has 3 unspecified atom stereocenters. The number of carboxylic acid groups (broad SMARTS) is 1. The van der Waals surface area contributed by atoms with E-state index in [9.17, 15) is 37.5 Å². The van der Waals surface area contributed by atoms with E-state index in [2.05, 4.69) is 5.32 Å². The number of benzene rings is 3. The average molecular weight is 622 g/mol. The van der Waals surface area contributed by atoms with Gasteiger partial charge in [-0.15, -0.1) is 0 Å². The SMILES string of the molecule is O=C(O)CCC(C(=O)NCc1cccc(C(F)(F)F)c1)N1C(=O)C(N2C(=O)OC[C@@H]2c2ccccc2)C1C=Cc1ccccc1. The first kappa shape index (κ1) is 31.3. The molecule has 2 heterocycles. The van der Waals surface area contributed by atoms with Gasteiger partial charge in [-0.3, -0.25) is 19.3 Å². The Morgan fingerprint density at radius 3 is 2.36 bits per heavy atom. The highest BCUT2D eigenvalue weighted by atomic mass is 19.4. The summed E-state index contributed by atoms with van der Waals surface area (Å²) in [7, 11) is 0. The summed E-state index contributed by atoms with van der Waals surface area (Å²) in [5.41, 5.74) is 0.833. The van der Waals surface area contributed by atoms with Crippen LogP contribution in [-0.4, -0.2) is 63.5 Å². The topological polar surface area (TPSA) is 116 Å². The van der Waals surface area contributed by atoms with Crippen LogP contribution in [-0.2, 0) is 31.8 Å². The van der Waals surface area contributed by atoms with Crippen LogP contribution in [0.1, 0.15) is 41.1 Å². The van der Waals surface area contributed by atoms with Gasteiger partial charge in [0, 0.05) is 13.0 Å². The number of aliphatic carboxylic acids is 1. The van der Waals surface area contributed by atoms with Crippen molar-refractivity contribution < 1.29 is 42.2 Å². The van der Waals surface area contributed by atoms with E-state index in [0.29, 0.717) is 0 Å². The predicted octanol–water partition coefficient (Wildman–Crippen LogP) is 5.04. The Hall–Kier alpha value is -5.13. The lowest BCUT2D eigenvalue weighted by Gasteiger charge is -2.52. The molecular formula is C33H30F3N3O6. The van der Waals surface area contributed by atoms with E-state index in [0.717, 1.165) is 23.3 Å². The number of nitrogens with one attached hydrogen (secondary N) is 1. The van der Waals surface area contributed by atoms with Crippen molar-refractivity contribution in [3.63, 3.8) is 0 Å². The Balaban J connectivity index is 1.44. The summed E-state index contributed by atoms with van der Waals surface area (Å²) in [6, 6.07) is 18.9. The quantitative estimate of drug-likeness (QED) is 0.290. The molecule has 0 aliphatic carbocycles. The highest BCUT2D eigenvalue weighted by Crippen LogP contribution is 2.39. The van der Waals surface area contributed by atoms with Crippen LogP contribution in [0.5, 0.6) is 0 Å². The Kier molecular flexibility index (Phi) is 9.21. The first-order chi connectivity index (χ1) is 21.5. The Labute approximate surface area is 256 Å². The van der Waals surface area contributed by atoms with Gasteiger partial charge in [0.2, 0.25) is 11.8 Å². The number of alkyl halides is 3. The van der Waals surface area contributed by atoms with Gasteiger partial charge < -0.3 is 20.1 Å². The summed E-state index contributed by atoms with van der Waals surface area (Å²) in [4.78, 5) is 54.6. The molecule has 2 aliphatic rings. The maximum Gasteiger partial charge on any atom is 0.416 e. The minimum Gasteiger partial charge on any atom is -0.481 e. The van der Waals surface area contributed by atoms with Gasteiger partial charge in [-0.2, -0.15) is 13.2 Å². The fourth-order valence-electron chi connectivity index (χ4n) is 5.63. The third kappa shape index (κ3) is 7.00. The van der Waals surface area contributed by atoms with Crippen molar-refractivity contribution in [2.24, 2.45) is 0 Å². The number of nitrogens with zero attached hydrogens (tertiary/aromatic N) is 2. The molecule has 2 N–H and O–H groups in total. The van der Waals surface area contributed by atoms with Gasteiger partial charge in [-0.25, -0.2) is 4.79 Å². The number of β-lactam (4-membered cyclic amide) rings is 1. The number of carbonyl (C=O) groups excluding carboxylic acids is 3. The van der Waals surface area contributed by atoms with Crippen molar-refractivity contribution >= 4 is 30.0 Å². The molecule has 0 aromatic heterocycles. The van der Waals surface area contributed by atoms with Crippen molar-refractivity contribution in [3.05, 3.63) is 113 Å². The zero-order valence-corrected chi connectivity index (χ0v) is 23.9. The molecule has 45 heavy (non-hydrogen) atoms. The lowest BCUT2D eigenvalue weighted by atomic mass is 9.87. The lowest BCUT2D eigenvalue weighted by Crippen LogP contribution is -2.74. The molecule has 3 aromatic carbocycles. The molecular weight excluding hydrogens is 591 g/mol. The van der Waals surface area contributed by atoms with Crippen LogP contribution in [0, 0.1) is 0 Å². The standard InChI is InChI=1S/C33H30F3N3O6/c34-33(35,36)24-13-7-10-22(18-24)19-37-30(42)26(16-17-28(40)41)38-25(15-14-21-8-3-1-4-9-21)29(31(38)43)39-27(20-45-32(39)44)23-11-5-2-6-12-23/h1-15,18,25-27,29H,16-17,19-20H2,(H,37,42)(H,40,41)/t25?,26?,27-,29?/m1/s1. The van der Waals surface area contributed by atoms with Gasteiger partial charge in [0.25, 0.3) is 0 Å². The zero-order chi connectivity index (χ0) is 32.1. The lowest BCUT2D eigenvalue weighted by molar-refractivity contribution is -0.163. The zero-order valence-electron chi connectivity index (χ0n) is 23.9. The minimum atomic E-state index is -4.57. The summed E-state index contributed by atoms with van der Waals surface area (Å²) < 4.78 is 45.0. The number of hydrogen-bond acceptors (Lipinski definition) is 5. The van der Waals surface area contributed by atoms with Crippen LogP contribution in [0.2, 0.25) is 0 Å². The van der Waals surface area contributed by atoms with Crippen LogP contribution in [0.4, 0.5) is 18.0 Å². The predicted molar refractivity (Wildman–Crippen MR) is 156 cm³/mol. The largest absolute Gasteiger partial charge is 0.481 e. The van der Waals surface area contributed by atoms with Crippen LogP contribution < -0.4 is 5.32 Å². The summed E-state index contributed by atoms with van der Waals surface area (Å²) in [6.45, 7) is -0.265. The van der Waals surface area contributed by atoms with Gasteiger partial charge in [0.1, 0.15) is 18.7 Å². The summed E-state index contributed by atoms with van der Waals surface area (Å²) in [5, 5.41) is 12.0. The number of likely N-dealkylation sites (tertiary alicyclic amines) is 1. The number of ether oxygens (including phenoxy) is 1. The Morgan fingerprint density at radius 2 is 1.69 bits per heavy atom. The molecule has 2 fully saturated rings. The van der Waals surface area contributed by atoms with Crippen molar-refractivity contribution in [3.8, 4) is 0 Å². The van der Waals surface area contributed by atoms with Gasteiger partial charge in [-0.05, 0) is 35.2 Å². The molecule has 2 saturated heterocycles. The number of carboxylic acids is 1.